The summed E-state index contributed by atoms with van der Waals surface area (Å²) in [5, 5.41) is 3.94. The SMILES string of the molecule is Cc1noc(C)c1CC(=O)N1CCC2(CC1)CC(Oc1ncccn1)CCO2. The van der Waals surface area contributed by atoms with Crippen molar-refractivity contribution in [3.63, 3.8) is 0 Å². The topological polar surface area (TPSA) is 90.6 Å². The molecule has 2 aromatic heterocycles. The van der Waals surface area contributed by atoms with E-state index in [0.29, 0.717) is 32.1 Å². The van der Waals surface area contributed by atoms with Gasteiger partial charge in [0.1, 0.15) is 11.9 Å². The van der Waals surface area contributed by atoms with Crippen LogP contribution in [-0.2, 0) is 16.0 Å². The average molecular weight is 386 g/mol. The van der Waals surface area contributed by atoms with Crippen molar-refractivity contribution in [2.75, 3.05) is 19.7 Å². The van der Waals surface area contributed by atoms with E-state index in [-0.39, 0.29) is 17.6 Å². The van der Waals surface area contributed by atoms with Gasteiger partial charge in [0.25, 0.3) is 0 Å². The van der Waals surface area contributed by atoms with Crippen LogP contribution in [0, 0.1) is 13.8 Å². The summed E-state index contributed by atoms with van der Waals surface area (Å²) in [5.41, 5.74) is 1.46. The number of aryl methyl sites for hydroxylation is 2. The van der Waals surface area contributed by atoms with Gasteiger partial charge in [-0.15, -0.1) is 0 Å². The summed E-state index contributed by atoms with van der Waals surface area (Å²) in [7, 11) is 0. The Kier molecular flexibility index (Phi) is 5.30. The molecule has 0 aliphatic carbocycles. The summed E-state index contributed by atoms with van der Waals surface area (Å²) in [6, 6.07) is 2.19. The number of ether oxygens (including phenoxy) is 2. The Hall–Kier alpha value is -2.48. The van der Waals surface area contributed by atoms with Crippen molar-refractivity contribution in [1.82, 2.24) is 20.0 Å². The monoisotopic (exact) mass is 386 g/mol. The zero-order valence-electron chi connectivity index (χ0n) is 16.4. The number of carbonyl (C=O) groups excluding carboxylic acids is 1. The van der Waals surface area contributed by atoms with Gasteiger partial charge in [-0.1, -0.05) is 5.16 Å². The first-order valence-electron chi connectivity index (χ1n) is 9.82. The van der Waals surface area contributed by atoms with Gasteiger partial charge in [-0.25, -0.2) is 9.97 Å². The molecule has 0 saturated carbocycles. The van der Waals surface area contributed by atoms with E-state index in [9.17, 15) is 4.79 Å². The molecule has 1 spiro atoms. The lowest BCUT2D eigenvalue weighted by Crippen LogP contribution is -2.52. The quantitative estimate of drug-likeness (QED) is 0.796. The summed E-state index contributed by atoms with van der Waals surface area (Å²) in [6.07, 6.45) is 7.01. The second kappa shape index (κ2) is 7.87. The molecule has 4 heterocycles. The van der Waals surface area contributed by atoms with Crippen molar-refractivity contribution < 1.29 is 18.8 Å². The molecule has 8 nitrogen and oxygen atoms in total. The molecule has 1 amide bonds. The summed E-state index contributed by atoms with van der Waals surface area (Å²) < 4.78 is 17.3. The average Bonchev–Trinajstić information content (AvgIpc) is 3.01. The Bertz CT molecular complexity index is 795. The van der Waals surface area contributed by atoms with E-state index in [1.54, 1.807) is 18.5 Å². The van der Waals surface area contributed by atoms with Gasteiger partial charge in [-0.2, -0.15) is 0 Å². The van der Waals surface area contributed by atoms with Crippen molar-refractivity contribution in [2.24, 2.45) is 0 Å². The molecule has 8 heteroatoms. The molecular formula is C20H26N4O4. The minimum Gasteiger partial charge on any atom is -0.460 e. The van der Waals surface area contributed by atoms with Gasteiger partial charge in [0.2, 0.25) is 5.91 Å². The van der Waals surface area contributed by atoms with E-state index in [2.05, 4.69) is 15.1 Å². The van der Waals surface area contributed by atoms with Gasteiger partial charge < -0.3 is 18.9 Å². The first kappa shape index (κ1) is 18.9. The van der Waals surface area contributed by atoms with Crippen molar-refractivity contribution in [1.29, 1.82) is 0 Å². The predicted octanol–water partition coefficient (Wildman–Crippen LogP) is 2.24. The molecule has 150 valence electrons. The van der Waals surface area contributed by atoms with E-state index in [0.717, 1.165) is 42.7 Å². The predicted molar refractivity (Wildman–Crippen MR) is 99.9 cm³/mol. The van der Waals surface area contributed by atoms with Crippen LogP contribution in [0.15, 0.2) is 23.0 Å². The van der Waals surface area contributed by atoms with Gasteiger partial charge in [-0.3, -0.25) is 4.79 Å². The van der Waals surface area contributed by atoms with Crippen LogP contribution in [-0.4, -0.2) is 57.3 Å². The zero-order valence-corrected chi connectivity index (χ0v) is 16.4. The Morgan fingerprint density at radius 3 is 2.71 bits per heavy atom. The molecule has 2 aromatic rings. The standard InChI is InChI=1S/C20H26N4O4/c1-14-17(15(2)28-23-14)12-18(25)24-9-5-20(6-10-24)13-16(4-11-26-20)27-19-21-7-3-8-22-19/h3,7-8,16H,4-6,9-13H2,1-2H3. The van der Waals surface area contributed by atoms with Crippen LogP contribution in [0.25, 0.3) is 0 Å². The van der Waals surface area contributed by atoms with Crippen LogP contribution in [0.1, 0.15) is 42.7 Å². The highest BCUT2D eigenvalue weighted by Crippen LogP contribution is 2.36. The molecule has 2 aliphatic heterocycles. The van der Waals surface area contributed by atoms with Crippen LogP contribution in [0.2, 0.25) is 0 Å². The first-order valence-corrected chi connectivity index (χ1v) is 9.82. The summed E-state index contributed by atoms with van der Waals surface area (Å²) in [4.78, 5) is 22.9. The smallest absolute Gasteiger partial charge is 0.316 e. The van der Waals surface area contributed by atoms with Crippen LogP contribution in [0.3, 0.4) is 0 Å². The highest BCUT2D eigenvalue weighted by molar-refractivity contribution is 5.79. The third kappa shape index (κ3) is 4.01. The molecule has 4 rings (SSSR count). The number of nitrogens with zero attached hydrogens (tertiary/aromatic N) is 4. The normalized spacial score (nSPS) is 21.6. The van der Waals surface area contributed by atoms with E-state index < -0.39 is 0 Å². The number of rotatable bonds is 4. The Morgan fingerprint density at radius 1 is 1.29 bits per heavy atom. The third-order valence-electron chi connectivity index (χ3n) is 5.80. The number of amides is 1. The lowest BCUT2D eigenvalue weighted by molar-refractivity contribution is -0.151. The summed E-state index contributed by atoms with van der Waals surface area (Å²) >= 11 is 0. The van der Waals surface area contributed by atoms with Crippen LogP contribution in [0.5, 0.6) is 6.01 Å². The summed E-state index contributed by atoms with van der Waals surface area (Å²) in [6.45, 7) is 5.76. The fraction of sp³-hybridized carbons (Fsp3) is 0.600. The molecule has 2 fully saturated rings. The van der Waals surface area contributed by atoms with Gasteiger partial charge in [0, 0.05) is 43.9 Å². The largest absolute Gasteiger partial charge is 0.460 e. The second-order valence-electron chi connectivity index (χ2n) is 7.66. The van der Waals surface area contributed by atoms with Crippen LogP contribution in [0.4, 0.5) is 0 Å². The van der Waals surface area contributed by atoms with Crippen LogP contribution < -0.4 is 4.74 Å². The minimum atomic E-state index is -0.225. The Labute approximate surface area is 164 Å². The minimum absolute atomic E-state index is 0.0423. The molecule has 0 N–H and O–H groups in total. The maximum atomic E-state index is 12.7. The second-order valence-corrected chi connectivity index (χ2v) is 7.66. The van der Waals surface area contributed by atoms with E-state index in [4.69, 9.17) is 14.0 Å². The highest BCUT2D eigenvalue weighted by Gasteiger charge is 2.42. The fourth-order valence-electron chi connectivity index (χ4n) is 4.11. The molecule has 0 bridgehead atoms. The number of piperidine rings is 1. The first-order chi connectivity index (χ1) is 13.5. The molecule has 2 saturated heterocycles. The molecule has 2 aliphatic rings. The van der Waals surface area contributed by atoms with E-state index >= 15 is 0 Å². The molecule has 0 radical (unpaired) electrons. The van der Waals surface area contributed by atoms with E-state index in [1.807, 2.05) is 18.7 Å². The van der Waals surface area contributed by atoms with Crippen LogP contribution >= 0.6 is 0 Å². The van der Waals surface area contributed by atoms with Crippen molar-refractivity contribution in [3.8, 4) is 6.01 Å². The highest BCUT2D eigenvalue weighted by atomic mass is 16.5. The Morgan fingerprint density at radius 2 is 2.04 bits per heavy atom. The number of hydrogen-bond acceptors (Lipinski definition) is 7. The number of hydrogen-bond donors (Lipinski definition) is 0. The van der Waals surface area contributed by atoms with Crippen molar-refractivity contribution >= 4 is 5.91 Å². The molecular weight excluding hydrogens is 360 g/mol. The fourth-order valence-corrected chi connectivity index (χ4v) is 4.11. The van der Waals surface area contributed by atoms with Gasteiger partial charge in [0.05, 0.1) is 24.3 Å². The maximum Gasteiger partial charge on any atom is 0.316 e. The molecule has 28 heavy (non-hydrogen) atoms. The van der Waals surface area contributed by atoms with Gasteiger partial charge in [-0.05, 0) is 32.8 Å². The number of carbonyl (C=O) groups is 1. The van der Waals surface area contributed by atoms with Gasteiger partial charge >= 0.3 is 6.01 Å². The zero-order chi connectivity index (χ0) is 19.6. The Balaban J connectivity index is 1.33. The summed E-state index contributed by atoms with van der Waals surface area (Å²) in [5.74, 6) is 0.837. The van der Waals surface area contributed by atoms with E-state index in [1.165, 1.54) is 0 Å². The molecule has 1 atom stereocenters. The van der Waals surface area contributed by atoms with Crippen molar-refractivity contribution in [3.05, 3.63) is 35.5 Å². The molecule has 0 aromatic carbocycles. The third-order valence-corrected chi connectivity index (χ3v) is 5.80. The van der Waals surface area contributed by atoms with Gasteiger partial charge in [0.15, 0.2) is 0 Å². The molecule has 1 unspecified atom stereocenters. The lowest BCUT2D eigenvalue weighted by atomic mass is 9.83. The lowest BCUT2D eigenvalue weighted by Gasteiger charge is -2.45. The maximum absolute atomic E-state index is 12.7. The number of likely N-dealkylation sites (tertiary alicyclic amines) is 1. The van der Waals surface area contributed by atoms with Crippen molar-refractivity contribution in [2.45, 2.75) is 57.7 Å². The number of aromatic nitrogens is 3.